The summed E-state index contributed by atoms with van der Waals surface area (Å²) in [6.07, 6.45) is 1.24. The van der Waals surface area contributed by atoms with E-state index in [1.165, 1.54) is 18.0 Å². The van der Waals surface area contributed by atoms with Gasteiger partial charge in [0.2, 0.25) is 5.13 Å². The van der Waals surface area contributed by atoms with E-state index in [1.807, 2.05) is 0 Å². The van der Waals surface area contributed by atoms with E-state index in [9.17, 15) is 0 Å². The Morgan fingerprint density at radius 1 is 1.64 bits per heavy atom. The molecule has 1 aliphatic rings. The number of nitrogens with zero attached hydrogens (tertiary/aromatic N) is 2. The summed E-state index contributed by atoms with van der Waals surface area (Å²) in [6, 6.07) is 0. The molecule has 2 rings (SSSR count). The number of hydrogen-bond acceptors (Lipinski definition) is 5. The van der Waals surface area contributed by atoms with Crippen LogP contribution in [0.15, 0.2) is 0 Å². The van der Waals surface area contributed by atoms with Gasteiger partial charge in [-0.25, -0.2) is 4.98 Å². The third-order valence-electron chi connectivity index (χ3n) is 2.47. The zero-order valence-corrected chi connectivity index (χ0v) is 9.30. The van der Waals surface area contributed by atoms with E-state index in [1.54, 1.807) is 7.11 Å². The Morgan fingerprint density at radius 2 is 2.43 bits per heavy atom. The average Bonchev–Trinajstić information content (AvgIpc) is 2.74. The first kappa shape index (κ1) is 9.86. The van der Waals surface area contributed by atoms with Crippen molar-refractivity contribution in [2.75, 3.05) is 25.6 Å². The summed E-state index contributed by atoms with van der Waals surface area (Å²) in [5.41, 5.74) is 0. The quantitative estimate of drug-likeness (QED) is 0.757. The molecule has 1 fully saturated rings. The van der Waals surface area contributed by atoms with Gasteiger partial charge in [0.05, 0.1) is 6.61 Å². The normalized spacial score (nSPS) is 25.0. The molecule has 1 aromatic heterocycles. The van der Waals surface area contributed by atoms with Gasteiger partial charge in [-0.3, -0.25) is 0 Å². The molecule has 5 heteroatoms. The first-order valence-corrected chi connectivity index (χ1v) is 5.65. The van der Waals surface area contributed by atoms with E-state index < -0.39 is 0 Å². The van der Waals surface area contributed by atoms with Crippen molar-refractivity contribution in [3.8, 4) is 0 Å². The largest absolute Gasteiger partial charge is 0.383 e. The second kappa shape index (κ2) is 4.23. The lowest BCUT2D eigenvalue weighted by Gasteiger charge is -1.98. The molecule has 0 aliphatic heterocycles. The molecule has 2 unspecified atom stereocenters. The molecule has 1 aliphatic carbocycles. The molecule has 1 N–H and O–H groups in total. The van der Waals surface area contributed by atoms with Crippen LogP contribution in [0.3, 0.4) is 0 Å². The number of aromatic nitrogens is 2. The van der Waals surface area contributed by atoms with Crippen molar-refractivity contribution in [3.05, 3.63) is 5.82 Å². The van der Waals surface area contributed by atoms with E-state index in [4.69, 9.17) is 4.74 Å². The number of rotatable bonds is 5. The molecule has 1 heterocycles. The van der Waals surface area contributed by atoms with Crippen molar-refractivity contribution < 1.29 is 4.74 Å². The number of anilines is 1. The van der Waals surface area contributed by atoms with Gasteiger partial charge in [-0.05, 0) is 12.3 Å². The van der Waals surface area contributed by atoms with Crippen molar-refractivity contribution in [3.63, 3.8) is 0 Å². The van der Waals surface area contributed by atoms with Crippen LogP contribution < -0.4 is 5.32 Å². The summed E-state index contributed by atoms with van der Waals surface area (Å²) in [5, 5.41) is 4.10. The Kier molecular flexibility index (Phi) is 2.98. The van der Waals surface area contributed by atoms with Crippen LogP contribution >= 0.6 is 11.5 Å². The van der Waals surface area contributed by atoms with Crippen molar-refractivity contribution in [1.29, 1.82) is 0 Å². The maximum Gasteiger partial charge on any atom is 0.202 e. The maximum absolute atomic E-state index is 4.94. The average molecular weight is 213 g/mol. The molecule has 0 amide bonds. The molecule has 0 aromatic carbocycles. The third kappa shape index (κ3) is 2.22. The van der Waals surface area contributed by atoms with E-state index in [2.05, 4.69) is 21.6 Å². The van der Waals surface area contributed by atoms with Crippen LogP contribution in [-0.4, -0.2) is 29.6 Å². The van der Waals surface area contributed by atoms with Gasteiger partial charge in [0.15, 0.2) is 0 Å². The lowest BCUT2D eigenvalue weighted by Crippen LogP contribution is -2.07. The minimum absolute atomic E-state index is 0.615. The molecule has 2 atom stereocenters. The Balaban J connectivity index is 1.84. The van der Waals surface area contributed by atoms with E-state index in [0.29, 0.717) is 12.5 Å². The maximum atomic E-state index is 4.94. The molecule has 0 radical (unpaired) electrons. The van der Waals surface area contributed by atoms with Crippen LogP contribution in [0.2, 0.25) is 0 Å². The summed E-state index contributed by atoms with van der Waals surface area (Å²) >= 11 is 1.44. The molecule has 14 heavy (non-hydrogen) atoms. The summed E-state index contributed by atoms with van der Waals surface area (Å²) < 4.78 is 9.28. The van der Waals surface area contributed by atoms with Gasteiger partial charge < -0.3 is 10.1 Å². The number of methoxy groups -OCH3 is 1. The van der Waals surface area contributed by atoms with E-state index in [0.717, 1.165) is 23.4 Å². The molecule has 0 bridgehead atoms. The highest BCUT2D eigenvalue weighted by Crippen LogP contribution is 2.46. The summed E-state index contributed by atoms with van der Waals surface area (Å²) in [6.45, 7) is 3.74. The fourth-order valence-electron chi connectivity index (χ4n) is 1.40. The van der Waals surface area contributed by atoms with Gasteiger partial charge in [0.1, 0.15) is 5.82 Å². The van der Waals surface area contributed by atoms with Gasteiger partial charge in [0.25, 0.3) is 0 Å². The van der Waals surface area contributed by atoms with Gasteiger partial charge in [-0.15, -0.1) is 0 Å². The second-order valence-electron chi connectivity index (χ2n) is 3.70. The van der Waals surface area contributed by atoms with Crippen LogP contribution in [0.1, 0.15) is 25.1 Å². The molecule has 4 nitrogen and oxygen atoms in total. The van der Waals surface area contributed by atoms with Crippen LogP contribution in [0.25, 0.3) is 0 Å². The second-order valence-corrected chi connectivity index (χ2v) is 4.45. The number of nitrogens with one attached hydrogen (secondary N) is 1. The Hall–Kier alpha value is -0.680. The minimum Gasteiger partial charge on any atom is -0.383 e. The molecule has 1 aromatic rings. The predicted molar refractivity (Wildman–Crippen MR) is 56.8 cm³/mol. The third-order valence-corrected chi connectivity index (χ3v) is 3.15. The van der Waals surface area contributed by atoms with Crippen molar-refractivity contribution in [2.24, 2.45) is 5.92 Å². The zero-order valence-electron chi connectivity index (χ0n) is 8.49. The van der Waals surface area contributed by atoms with Gasteiger partial charge >= 0.3 is 0 Å². The first-order valence-electron chi connectivity index (χ1n) is 4.87. The molecule has 1 saturated carbocycles. The first-order chi connectivity index (χ1) is 6.81. The fourth-order valence-corrected chi connectivity index (χ4v) is 2.06. The molecular formula is C9H15N3OS. The molecule has 0 spiro atoms. The lowest BCUT2D eigenvalue weighted by molar-refractivity contribution is 0.211. The fraction of sp³-hybridized carbons (Fsp3) is 0.778. The summed E-state index contributed by atoms with van der Waals surface area (Å²) in [4.78, 5) is 4.44. The van der Waals surface area contributed by atoms with Crippen LogP contribution in [0.4, 0.5) is 5.13 Å². The van der Waals surface area contributed by atoms with Crippen LogP contribution in [0.5, 0.6) is 0 Å². The van der Waals surface area contributed by atoms with Gasteiger partial charge in [0, 0.05) is 31.1 Å². The van der Waals surface area contributed by atoms with E-state index in [-0.39, 0.29) is 0 Å². The van der Waals surface area contributed by atoms with Crippen molar-refractivity contribution >= 4 is 16.7 Å². The Morgan fingerprint density at radius 3 is 3.07 bits per heavy atom. The van der Waals surface area contributed by atoms with E-state index >= 15 is 0 Å². The van der Waals surface area contributed by atoms with Crippen molar-refractivity contribution in [2.45, 2.75) is 19.3 Å². The Bertz CT molecular complexity index is 302. The van der Waals surface area contributed by atoms with Crippen molar-refractivity contribution in [1.82, 2.24) is 9.36 Å². The van der Waals surface area contributed by atoms with Crippen LogP contribution in [-0.2, 0) is 4.74 Å². The lowest BCUT2D eigenvalue weighted by atomic mass is 10.3. The number of hydrogen-bond donors (Lipinski definition) is 1. The molecule has 78 valence electrons. The monoisotopic (exact) mass is 213 g/mol. The summed E-state index contributed by atoms with van der Waals surface area (Å²) in [7, 11) is 1.69. The SMILES string of the molecule is COCCNc1nc(C2CC2C)ns1. The Labute approximate surface area is 87.9 Å². The summed E-state index contributed by atoms with van der Waals surface area (Å²) in [5.74, 6) is 2.41. The van der Waals surface area contributed by atoms with Gasteiger partial charge in [-0.2, -0.15) is 4.37 Å². The van der Waals surface area contributed by atoms with Gasteiger partial charge in [-0.1, -0.05) is 6.92 Å². The van der Waals surface area contributed by atoms with Crippen LogP contribution in [0, 0.1) is 5.92 Å². The standard InChI is InChI=1S/C9H15N3OS/c1-6-5-7(6)8-11-9(14-12-8)10-3-4-13-2/h6-7H,3-5H2,1-2H3,(H,10,11,12). The molecular weight excluding hydrogens is 198 g/mol. The smallest absolute Gasteiger partial charge is 0.202 e. The highest BCUT2D eigenvalue weighted by atomic mass is 32.1. The molecule has 0 saturated heterocycles. The highest BCUT2D eigenvalue weighted by molar-refractivity contribution is 7.09. The topological polar surface area (TPSA) is 47.0 Å². The minimum atomic E-state index is 0.615. The highest BCUT2D eigenvalue weighted by Gasteiger charge is 2.37. The number of ether oxygens (including phenoxy) is 1. The zero-order chi connectivity index (χ0) is 9.97. The predicted octanol–water partition coefficient (Wildman–Crippen LogP) is 1.72.